The second kappa shape index (κ2) is 4.93. The monoisotopic (exact) mass is 259 g/mol. The number of hydrogen-bond donors (Lipinski definition) is 0. The molecular weight excluding hydrogens is 238 g/mol. The van der Waals surface area contributed by atoms with Gasteiger partial charge in [0.2, 0.25) is 0 Å². The molecule has 2 atom stereocenters. The maximum absolute atomic E-state index is 11.3. The van der Waals surface area contributed by atoms with Gasteiger partial charge in [0.15, 0.2) is 5.78 Å². The molecule has 2 aliphatic heterocycles. The number of nitrogens with zero attached hydrogens (tertiary/aromatic N) is 3. The summed E-state index contributed by atoms with van der Waals surface area (Å²) in [6.45, 7) is 7.28. The normalized spacial score (nSPS) is 27.4. The maximum Gasteiger partial charge on any atom is 0.161 e. The topological polar surface area (TPSA) is 36.4 Å². The minimum atomic E-state index is 0.0766. The molecule has 0 aliphatic carbocycles. The summed E-state index contributed by atoms with van der Waals surface area (Å²) in [5.74, 6) is 1.08. The first kappa shape index (κ1) is 12.6. The van der Waals surface area contributed by atoms with E-state index in [1.54, 1.807) is 13.1 Å². The van der Waals surface area contributed by atoms with E-state index in [-0.39, 0.29) is 5.78 Å². The van der Waals surface area contributed by atoms with E-state index in [0.29, 0.717) is 17.6 Å². The van der Waals surface area contributed by atoms with Crippen LogP contribution in [0.3, 0.4) is 0 Å². The van der Waals surface area contributed by atoms with Crippen molar-refractivity contribution in [2.45, 2.75) is 38.8 Å². The van der Waals surface area contributed by atoms with Crippen molar-refractivity contribution < 1.29 is 4.79 Å². The summed E-state index contributed by atoms with van der Waals surface area (Å²) in [4.78, 5) is 20.7. The molecule has 0 aromatic carbocycles. The molecule has 0 saturated carbocycles. The van der Waals surface area contributed by atoms with Gasteiger partial charge in [0.05, 0.1) is 0 Å². The summed E-state index contributed by atoms with van der Waals surface area (Å²) in [7, 11) is 0. The standard InChI is InChI=1S/C15H21N3O/c1-11-9-17-7-3-4-14(17)10-18(11)15-6-5-13(8-16-15)12(2)19/h5-6,8,11,14H,3-4,7,9-10H2,1-2H3. The molecule has 3 rings (SSSR count). The number of carbonyl (C=O) groups excluding carboxylic acids is 1. The molecule has 2 fully saturated rings. The Morgan fingerprint density at radius 1 is 1.37 bits per heavy atom. The highest BCUT2D eigenvalue weighted by Crippen LogP contribution is 2.27. The van der Waals surface area contributed by atoms with Gasteiger partial charge in [-0.15, -0.1) is 0 Å². The van der Waals surface area contributed by atoms with Gasteiger partial charge in [-0.25, -0.2) is 4.98 Å². The zero-order valence-electron chi connectivity index (χ0n) is 11.7. The highest BCUT2D eigenvalue weighted by Gasteiger charge is 2.34. The fourth-order valence-electron chi connectivity index (χ4n) is 3.27. The lowest BCUT2D eigenvalue weighted by Crippen LogP contribution is -2.55. The highest BCUT2D eigenvalue weighted by atomic mass is 16.1. The molecule has 1 aromatic rings. The van der Waals surface area contributed by atoms with E-state index in [9.17, 15) is 4.79 Å². The van der Waals surface area contributed by atoms with E-state index < -0.39 is 0 Å². The van der Waals surface area contributed by atoms with E-state index in [0.717, 1.165) is 18.9 Å². The van der Waals surface area contributed by atoms with E-state index in [4.69, 9.17) is 0 Å². The summed E-state index contributed by atoms with van der Waals surface area (Å²) < 4.78 is 0. The number of aromatic nitrogens is 1. The Morgan fingerprint density at radius 3 is 2.89 bits per heavy atom. The molecule has 1 aromatic heterocycles. The van der Waals surface area contributed by atoms with E-state index >= 15 is 0 Å². The SMILES string of the molecule is CC(=O)c1ccc(N2CC3CCCN3CC2C)nc1. The van der Waals surface area contributed by atoms with Crippen LogP contribution < -0.4 is 4.90 Å². The minimum Gasteiger partial charge on any atom is -0.351 e. The molecule has 19 heavy (non-hydrogen) atoms. The number of anilines is 1. The van der Waals surface area contributed by atoms with Gasteiger partial charge in [-0.3, -0.25) is 9.69 Å². The van der Waals surface area contributed by atoms with Crippen LogP contribution in [0.1, 0.15) is 37.0 Å². The Balaban J connectivity index is 1.79. The summed E-state index contributed by atoms with van der Waals surface area (Å²) >= 11 is 0. The third-order valence-electron chi connectivity index (χ3n) is 4.39. The Hall–Kier alpha value is -1.42. The Labute approximate surface area is 114 Å². The molecule has 2 unspecified atom stereocenters. The van der Waals surface area contributed by atoms with Crippen LogP contribution >= 0.6 is 0 Å². The van der Waals surface area contributed by atoms with Gasteiger partial charge in [0.25, 0.3) is 0 Å². The minimum absolute atomic E-state index is 0.0766. The second-order valence-corrected chi connectivity index (χ2v) is 5.75. The Bertz CT molecular complexity index is 471. The number of fused-ring (bicyclic) bond motifs is 1. The molecular formula is C15H21N3O. The van der Waals surface area contributed by atoms with E-state index in [1.165, 1.54) is 19.4 Å². The lowest BCUT2D eigenvalue weighted by atomic mass is 10.1. The van der Waals surface area contributed by atoms with Crippen molar-refractivity contribution in [3.63, 3.8) is 0 Å². The second-order valence-electron chi connectivity index (χ2n) is 5.75. The molecule has 4 heteroatoms. The lowest BCUT2D eigenvalue weighted by molar-refractivity contribution is 0.101. The number of carbonyl (C=O) groups is 1. The molecule has 3 heterocycles. The van der Waals surface area contributed by atoms with Crippen LogP contribution in [0.5, 0.6) is 0 Å². The van der Waals surface area contributed by atoms with Gasteiger partial charge in [-0.1, -0.05) is 0 Å². The van der Waals surface area contributed by atoms with Crippen LogP contribution in [0.15, 0.2) is 18.3 Å². The fraction of sp³-hybridized carbons (Fsp3) is 0.600. The number of piperazine rings is 1. The average Bonchev–Trinajstić information content (AvgIpc) is 2.85. The average molecular weight is 259 g/mol. The van der Waals surface area contributed by atoms with Crippen molar-refractivity contribution in [3.05, 3.63) is 23.9 Å². The van der Waals surface area contributed by atoms with Gasteiger partial charge >= 0.3 is 0 Å². The van der Waals surface area contributed by atoms with Gasteiger partial charge < -0.3 is 4.90 Å². The molecule has 0 bridgehead atoms. The molecule has 4 nitrogen and oxygen atoms in total. The van der Waals surface area contributed by atoms with Gasteiger partial charge in [0, 0.05) is 36.9 Å². The predicted molar refractivity (Wildman–Crippen MR) is 75.6 cm³/mol. The van der Waals surface area contributed by atoms with Crippen molar-refractivity contribution in [2.24, 2.45) is 0 Å². The fourth-order valence-corrected chi connectivity index (χ4v) is 3.27. The molecule has 0 spiro atoms. The highest BCUT2D eigenvalue weighted by molar-refractivity contribution is 5.93. The van der Waals surface area contributed by atoms with Crippen molar-refractivity contribution in [3.8, 4) is 0 Å². The number of hydrogen-bond acceptors (Lipinski definition) is 4. The summed E-state index contributed by atoms with van der Waals surface area (Å²) in [5, 5.41) is 0. The van der Waals surface area contributed by atoms with Gasteiger partial charge in [-0.05, 0) is 45.4 Å². The predicted octanol–water partition coefficient (Wildman–Crippen LogP) is 1.96. The summed E-state index contributed by atoms with van der Waals surface area (Å²) in [6.07, 6.45) is 4.32. The van der Waals surface area contributed by atoms with Crippen LogP contribution in [0.2, 0.25) is 0 Å². The molecule has 0 amide bonds. The molecule has 2 saturated heterocycles. The first-order valence-electron chi connectivity index (χ1n) is 7.13. The van der Waals surface area contributed by atoms with Crippen molar-refractivity contribution in [2.75, 3.05) is 24.5 Å². The Morgan fingerprint density at radius 2 is 2.21 bits per heavy atom. The zero-order valence-corrected chi connectivity index (χ0v) is 11.7. The van der Waals surface area contributed by atoms with Crippen LogP contribution in [-0.2, 0) is 0 Å². The van der Waals surface area contributed by atoms with Gasteiger partial charge in [-0.2, -0.15) is 0 Å². The number of Topliss-reactive ketones (excluding diaryl/α,β-unsaturated/α-hetero) is 1. The quantitative estimate of drug-likeness (QED) is 0.761. The molecule has 2 aliphatic rings. The number of pyridine rings is 1. The van der Waals surface area contributed by atoms with Gasteiger partial charge in [0.1, 0.15) is 5.82 Å². The van der Waals surface area contributed by atoms with Crippen molar-refractivity contribution >= 4 is 11.6 Å². The lowest BCUT2D eigenvalue weighted by Gasteiger charge is -2.43. The van der Waals surface area contributed by atoms with Crippen molar-refractivity contribution in [1.29, 1.82) is 0 Å². The largest absolute Gasteiger partial charge is 0.351 e. The van der Waals surface area contributed by atoms with Crippen LogP contribution in [0.25, 0.3) is 0 Å². The third-order valence-corrected chi connectivity index (χ3v) is 4.39. The molecule has 0 N–H and O–H groups in total. The first-order chi connectivity index (χ1) is 9.15. The Kier molecular flexibility index (Phi) is 3.27. The van der Waals surface area contributed by atoms with Crippen molar-refractivity contribution in [1.82, 2.24) is 9.88 Å². The summed E-state index contributed by atoms with van der Waals surface area (Å²) in [5.41, 5.74) is 0.691. The molecule has 102 valence electrons. The van der Waals surface area contributed by atoms with Crippen LogP contribution in [0.4, 0.5) is 5.82 Å². The first-order valence-corrected chi connectivity index (χ1v) is 7.13. The number of rotatable bonds is 2. The van der Waals surface area contributed by atoms with Crippen LogP contribution in [0, 0.1) is 0 Å². The maximum atomic E-state index is 11.3. The smallest absolute Gasteiger partial charge is 0.161 e. The van der Waals surface area contributed by atoms with E-state index in [2.05, 4.69) is 21.7 Å². The van der Waals surface area contributed by atoms with Crippen LogP contribution in [-0.4, -0.2) is 47.4 Å². The molecule has 0 radical (unpaired) electrons. The van der Waals surface area contributed by atoms with E-state index in [1.807, 2.05) is 12.1 Å². The number of ketones is 1. The zero-order chi connectivity index (χ0) is 13.4. The third kappa shape index (κ3) is 2.37. The summed E-state index contributed by atoms with van der Waals surface area (Å²) in [6, 6.07) is 5.05.